The van der Waals surface area contributed by atoms with Crippen LogP contribution in [0.3, 0.4) is 0 Å². The fraction of sp³-hybridized carbons (Fsp3) is 0.118. The Kier molecular flexibility index (Phi) is 6.97. The molecule has 0 fully saturated rings. The van der Waals surface area contributed by atoms with E-state index in [0.717, 1.165) is 5.56 Å². The number of benzene rings is 2. The van der Waals surface area contributed by atoms with E-state index in [2.05, 4.69) is 31.2 Å². The second kappa shape index (κ2) is 9.19. The first kappa shape index (κ1) is 19.0. The highest BCUT2D eigenvalue weighted by molar-refractivity contribution is 9.10. The van der Waals surface area contributed by atoms with Crippen molar-refractivity contribution < 1.29 is 19.1 Å². The maximum Gasteiger partial charge on any atom is 0.343 e. The minimum atomic E-state index is -0.470. The molecule has 0 aliphatic heterocycles. The maximum absolute atomic E-state index is 11.9. The van der Waals surface area contributed by atoms with Gasteiger partial charge in [0.15, 0.2) is 6.61 Å². The molecule has 0 radical (unpaired) electrons. The van der Waals surface area contributed by atoms with Gasteiger partial charge in [-0.05, 0) is 64.0 Å². The van der Waals surface area contributed by atoms with E-state index < -0.39 is 5.97 Å². The predicted molar refractivity (Wildman–Crippen MR) is 98.2 cm³/mol. The summed E-state index contributed by atoms with van der Waals surface area (Å²) in [6, 6.07) is 11.6. The van der Waals surface area contributed by atoms with E-state index in [1.54, 1.807) is 42.5 Å². The molecule has 0 aliphatic rings. The molecule has 1 N–H and O–H groups in total. The second-order valence-electron chi connectivity index (χ2n) is 4.76. The number of hydrogen-bond acceptors (Lipinski definition) is 5. The Morgan fingerprint density at radius 1 is 1.24 bits per heavy atom. The van der Waals surface area contributed by atoms with Gasteiger partial charge in [-0.2, -0.15) is 5.10 Å². The molecule has 2 aromatic carbocycles. The van der Waals surface area contributed by atoms with Crippen molar-refractivity contribution in [1.29, 1.82) is 0 Å². The lowest BCUT2D eigenvalue weighted by molar-refractivity contribution is -0.142. The Balaban J connectivity index is 1.94. The van der Waals surface area contributed by atoms with Crippen LogP contribution >= 0.6 is 27.5 Å². The van der Waals surface area contributed by atoms with Crippen LogP contribution < -0.4 is 10.2 Å². The van der Waals surface area contributed by atoms with Crippen molar-refractivity contribution in [2.24, 2.45) is 5.10 Å². The molecule has 0 bridgehead atoms. The van der Waals surface area contributed by atoms with E-state index in [-0.39, 0.29) is 12.5 Å². The van der Waals surface area contributed by atoms with Gasteiger partial charge >= 0.3 is 5.97 Å². The summed E-state index contributed by atoms with van der Waals surface area (Å²) < 4.78 is 10.5. The van der Waals surface area contributed by atoms with E-state index in [9.17, 15) is 9.59 Å². The van der Waals surface area contributed by atoms with Crippen LogP contribution in [-0.2, 0) is 9.53 Å². The Hall–Kier alpha value is -2.38. The smallest absolute Gasteiger partial charge is 0.343 e. The first-order valence-corrected chi connectivity index (χ1v) is 8.25. The normalized spacial score (nSPS) is 10.5. The van der Waals surface area contributed by atoms with Crippen LogP contribution in [0.15, 0.2) is 52.0 Å². The fourth-order valence-electron chi connectivity index (χ4n) is 1.74. The first-order chi connectivity index (χ1) is 12.0. The van der Waals surface area contributed by atoms with Crippen molar-refractivity contribution >= 4 is 45.6 Å². The van der Waals surface area contributed by atoms with Gasteiger partial charge in [-0.15, -0.1) is 0 Å². The number of halogens is 2. The Morgan fingerprint density at radius 2 is 1.96 bits per heavy atom. The lowest BCUT2D eigenvalue weighted by Gasteiger charge is -2.07. The SMILES string of the molecule is COC(=O)COc1ccc(/C=N\NC(=O)c2ccc(Cl)cc2)cc1Br. The summed E-state index contributed by atoms with van der Waals surface area (Å²) >= 11 is 9.12. The summed E-state index contributed by atoms with van der Waals surface area (Å²) in [4.78, 5) is 23.0. The highest BCUT2D eigenvalue weighted by Crippen LogP contribution is 2.25. The van der Waals surface area contributed by atoms with Crippen LogP contribution in [0.25, 0.3) is 0 Å². The van der Waals surface area contributed by atoms with E-state index in [1.807, 2.05) is 0 Å². The van der Waals surface area contributed by atoms with Crippen LogP contribution in [0.2, 0.25) is 5.02 Å². The molecule has 8 heteroatoms. The third-order valence-corrected chi connectivity index (χ3v) is 3.89. The molecule has 2 aromatic rings. The number of esters is 1. The number of hydrogen-bond donors (Lipinski definition) is 1. The number of ether oxygens (including phenoxy) is 2. The third kappa shape index (κ3) is 5.88. The molecular formula is C17H14BrClN2O4. The summed E-state index contributed by atoms with van der Waals surface area (Å²) in [6.45, 7) is -0.181. The zero-order valence-corrected chi connectivity index (χ0v) is 15.5. The van der Waals surface area contributed by atoms with Crippen molar-refractivity contribution in [3.8, 4) is 5.75 Å². The zero-order chi connectivity index (χ0) is 18.2. The lowest BCUT2D eigenvalue weighted by atomic mass is 10.2. The van der Waals surface area contributed by atoms with Gasteiger partial charge in [0.05, 0.1) is 17.8 Å². The molecule has 0 unspecified atom stereocenters. The summed E-state index contributed by atoms with van der Waals surface area (Å²) in [7, 11) is 1.29. The van der Waals surface area contributed by atoms with Crippen LogP contribution in [0, 0.1) is 0 Å². The van der Waals surface area contributed by atoms with Gasteiger partial charge in [-0.3, -0.25) is 4.79 Å². The largest absolute Gasteiger partial charge is 0.481 e. The zero-order valence-electron chi connectivity index (χ0n) is 13.2. The lowest BCUT2D eigenvalue weighted by Crippen LogP contribution is -2.17. The van der Waals surface area contributed by atoms with Gasteiger partial charge in [-0.25, -0.2) is 10.2 Å². The van der Waals surface area contributed by atoms with Crippen LogP contribution in [-0.4, -0.2) is 31.8 Å². The molecule has 0 spiro atoms. The molecule has 1 amide bonds. The Bertz CT molecular complexity index is 794. The van der Waals surface area contributed by atoms with Crippen LogP contribution in [0.5, 0.6) is 5.75 Å². The molecule has 6 nitrogen and oxygen atoms in total. The van der Waals surface area contributed by atoms with Crippen molar-refractivity contribution in [3.63, 3.8) is 0 Å². The fourth-order valence-corrected chi connectivity index (χ4v) is 2.38. The number of nitrogens with zero attached hydrogens (tertiary/aromatic N) is 1. The minimum Gasteiger partial charge on any atom is -0.481 e. The third-order valence-electron chi connectivity index (χ3n) is 3.02. The highest BCUT2D eigenvalue weighted by atomic mass is 79.9. The Labute approximate surface area is 157 Å². The second-order valence-corrected chi connectivity index (χ2v) is 6.05. The van der Waals surface area contributed by atoms with Crippen molar-refractivity contribution in [1.82, 2.24) is 5.43 Å². The quantitative estimate of drug-likeness (QED) is 0.437. The first-order valence-electron chi connectivity index (χ1n) is 7.07. The van der Waals surface area contributed by atoms with Crippen molar-refractivity contribution in [3.05, 3.63) is 63.1 Å². The number of carbonyl (C=O) groups excluding carboxylic acids is 2. The number of carbonyl (C=O) groups is 2. The van der Waals surface area contributed by atoms with Crippen LogP contribution in [0.1, 0.15) is 15.9 Å². The van der Waals surface area contributed by atoms with Gasteiger partial charge in [0, 0.05) is 10.6 Å². The van der Waals surface area contributed by atoms with E-state index in [0.29, 0.717) is 20.8 Å². The van der Waals surface area contributed by atoms with Gasteiger partial charge < -0.3 is 9.47 Å². The summed E-state index contributed by atoms with van der Waals surface area (Å²) in [5.41, 5.74) is 3.61. The maximum atomic E-state index is 11.9. The molecule has 0 atom stereocenters. The van der Waals surface area contributed by atoms with Gasteiger partial charge in [0.1, 0.15) is 5.75 Å². The van der Waals surface area contributed by atoms with Gasteiger partial charge in [0.2, 0.25) is 0 Å². The van der Waals surface area contributed by atoms with E-state index in [1.165, 1.54) is 13.3 Å². The van der Waals surface area contributed by atoms with Crippen molar-refractivity contribution in [2.75, 3.05) is 13.7 Å². The van der Waals surface area contributed by atoms with Crippen LogP contribution in [0.4, 0.5) is 0 Å². The molecule has 0 saturated carbocycles. The number of rotatable bonds is 6. The number of methoxy groups -OCH3 is 1. The summed E-state index contributed by atoms with van der Waals surface area (Å²) in [5.74, 6) is -0.319. The topological polar surface area (TPSA) is 77.0 Å². The monoisotopic (exact) mass is 424 g/mol. The highest BCUT2D eigenvalue weighted by Gasteiger charge is 2.06. The summed E-state index contributed by atoms with van der Waals surface area (Å²) in [6.07, 6.45) is 1.49. The molecule has 0 aliphatic carbocycles. The van der Waals surface area contributed by atoms with E-state index >= 15 is 0 Å². The molecular weight excluding hydrogens is 412 g/mol. The summed E-state index contributed by atoms with van der Waals surface area (Å²) in [5, 5.41) is 4.46. The average molecular weight is 426 g/mol. The molecule has 0 aromatic heterocycles. The van der Waals surface area contributed by atoms with Crippen molar-refractivity contribution in [2.45, 2.75) is 0 Å². The molecule has 0 heterocycles. The molecule has 25 heavy (non-hydrogen) atoms. The number of hydrazone groups is 1. The average Bonchev–Trinajstić information content (AvgIpc) is 2.61. The van der Waals surface area contributed by atoms with Gasteiger partial charge in [0.25, 0.3) is 5.91 Å². The molecule has 2 rings (SSSR count). The number of nitrogens with one attached hydrogen (secondary N) is 1. The standard InChI is InChI=1S/C17H14BrClN2O4/c1-24-16(22)10-25-15-7-2-11(8-14(15)18)9-20-21-17(23)12-3-5-13(19)6-4-12/h2-9H,10H2,1H3,(H,21,23)/b20-9-. The van der Waals surface area contributed by atoms with E-state index in [4.69, 9.17) is 16.3 Å². The molecule has 130 valence electrons. The Morgan fingerprint density at radius 3 is 2.60 bits per heavy atom. The minimum absolute atomic E-state index is 0.181. The molecule has 0 saturated heterocycles. The number of amides is 1. The predicted octanol–water partition coefficient (Wildman–Crippen LogP) is 3.42. The van der Waals surface area contributed by atoms with Gasteiger partial charge in [-0.1, -0.05) is 11.6 Å².